The fourth-order valence-corrected chi connectivity index (χ4v) is 3.57. The summed E-state index contributed by atoms with van der Waals surface area (Å²) in [5, 5.41) is 3.75. The number of aryl methyl sites for hydroxylation is 2. The number of amides is 1. The van der Waals surface area contributed by atoms with Gasteiger partial charge in [0.2, 0.25) is 0 Å². The summed E-state index contributed by atoms with van der Waals surface area (Å²) in [6.07, 6.45) is 2.37. The molecule has 2 aromatic rings. The summed E-state index contributed by atoms with van der Waals surface area (Å²) in [7, 11) is 0. The molecule has 9 heteroatoms. The molecule has 0 N–H and O–H groups in total. The largest absolute Gasteiger partial charge is 0.433 e. The second kappa shape index (κ2) is 7.13. The molecule has 0 radical (unpaired) electrons. The minimum Gasteiger partial charge on any atom is -0.336 e. The first-order valence-electron chi connectivity index (χ1n) is 8.80. The number of nitrogens with zero attached hydrogens (tertiary/aromatic N) is 5. The van der Waals surface area contributed by atoms with E-state index < -0.39 is 17.8 Å². The molecule has 2 aromatic heterocycles. The third kappa shape index (κ3) is 3.34. The Morgan fingerprint density at radius 2 is 2.12 bits per heavy atom. The molecule has 1 amide bonds. The van der Waals surface area contributed by atoms with Crippen LogP contribution in [-0.4, -0.2) is 43.2 Å². The van der Waals surface area contributed by atoms with Gasteiger partial charge in [0, 0.05) is 38.4 Å². The number of hydrogen-bond donors (Lipinski definition) is 0. The van der Waals surface area contributed by atoms with Gasteiger partial charge in [0.15, 0.2) is 5.69 Å². The summed E-state index contributed by atoms with van der Waals surface area (Å²) in [4.78, 5) is 18.6. The van der Waals surface area contributed by atoms with Crippen LogP contribution in [0.4, 0.5) is 13.2 Å². The van der Waals surface area contributed by atoms with Crippen molar-refractivity contribution in [2.45, 2.75) is 51.9 Å². The Kier molecular flexibility index (Phi) is 5.06. The Bertz CT molecular complexity index is 780. The number of rotatable bonds is 4. The Labute approximate surface area is 149 Å². The van der Waals surface area contributed by atoms with Crippen molar-refractivity contribution in [1.29, 1.82) is 0 Å². The van der Waals surface area contributed by atoms with Gasteiger partial charge in [-0.1, -0.05) is 6.92 Å². The van der Waals surface area contributed by atoms with E-state index in [9.17, 15) is 18.0 Å². The summed E-state index contributed by atoms with van der Waals surface area (Å²) < 4.78 is 43.1. The molecule has 6 nitrogen and oxygen atoms in total. The highest BCUT2D eigenvalue weighted by Gasteiger charge is 2.41. The molecule has 26 heavy (non-hydrogen) atoms. The van der Waals surface area contributed by atoms with Crippen LogP contribution in [0.5, 0.6) is 0 Å². The number of hydrogen-bond acceptors (Lipinski definition) is 3. The maximum absolute atomic E-state index is 13.4. The third-order valence-corrected chi connectivity index (χ3v) is 4.78. The number of piperidine rings is 1. The topological polar surface area (TPSA) is 56.0 Å². The maximum atomic E-state index is 13.4. The Morgan fingerprint density at radius 3 is 2.77 bits per heavy atom. The van der Waals surface area contributed by atoms with E-state index in [1.165, 1.54) is 4.90 Å². The van der Waals surface area contributed by atoms with Gasteiger partial charge < -0.3 is 9.47 Å². The monoisotopic (exact) mass is 369 g/mol. The second-order valence-corrected chi connectivity index (χ2v) is 6.37. The lowest BCUT2D eigenvalue weighted by Gasteiger charge is -2.34. The van der Waals surface area contributed by atoms with Crippen LogP contribution >= 0.6 is 0 Å². The van der Waals surface area contributed by atoms with Crippen molar-refractivity contribution in [1.82, 2.24) is 24.2 Å². The van der Waals surface area contributed by atoms with Crippen molar-refractivity contribution >= 4 is 5.91 Å². The number of alkyl halides is 3. The van der Waals surface area contributed by atoms with Gasteiger partial charge in [-0.3, -0.25) is 9.48 Å². The summed E-state index contributed by atoms with van der Waals surface area (Å²) in [5.41, 5.74) is -1.34. The summed E-state index contributed by atoms with van der Waals surface area (Å²) >= 11 is 0. The zero-order chi connectivity index (χ0) is 18.9. The zero-order valence-corrected chi connectivity index (χ0v) is 14.8. The van der Waals surface area contributed by atoms with E-state index in [1.807, 2.05) is 17.7 Å². The van der Waals surface area contributed by atoms with Gasteiger partial charge in [-0.2, -0.15) is 18.3 Å². The first kappa shape index (κ1) is 18.5. The quantitative estimate of drug-likeness (QED) is 0.832. The molecule has 3 rings (SSSR count). The van der Waals surface area contributed by atoms with Gasteiger partial charge in [0.25, 0.3) is 5.91 Å². The lowest BCUT2D eigenvalue weighted by Crippen LogP contribution is -2.41. The van der Waals surface area contributed by atoms with Gasteiger partial charge in [-0.05, 0) is 19.8 Å². The van der Waals surface area contributed by atoms with Crippen LogP contribution in [0, 0.1) is 0 Å². The SMILES string of the molecule is CCc1nccn1C1CCCN(C(=O)c2cnn(CC)c2C(F)(F)F)C1. The van der Waals surface area contributed by atoms with E-state index in [0.717, 1.165) is 36.0 Å². The molecule has 0 aliphatic carbocycles. The highest BCUT2D eigenvalue weighted by Crippen LogP contribution is 2.33. The fraction of sp³-hybridized carbons (Fsp3) is 0.588. The molecule has 3 heterocycles. The number of aromatic nitrogens is 4. The number of carbonyl (C=O) groups is 1. The number of likely N-dealkylation sites (tertiary alicyclic amines) is 1. The number of halogens is 3. The predicted octanol–water partition coefficient (Wildman–Crippen LogP) is 3.16. The minimum absolute atomic E-state index is 0.0284. The van der Waals surface area contributed by atoms with Gasteiger partial charge in [0.1, 0.15) is 5.82 Å². The number of carbonyl (C=O) groups excluding carboxylic acids is 1. The molecular formula is C17H22F3N5O. The average molecular weight is 369 g/mol. The average Bonchev–Trinajstić information content (AvgIpc) is 3.27. The van der Waals surface area contributed by atoms with E-state index in [-0.39, 0.29) is 18.2 Å². The molecule has 1 unspecified atom stereocenters. The van der Waals surface area contributed by atoms with Crippen molar-refractivity contribution in [2.75, 3.05) is 13.1 Å². The van der Waals surface area contributed by atoms with Crippen LogP contribution < -0.4 is 0 Å². The molecule has 1 aliphatic heterocycles. The highest BCUT2D eigenvalue weighted by molar-refractivity contribution is 5.95. The second-order valence-electron chi connectivity index (χ2n) is 6.37. The summed E-state index contributed by atoms with van der Waals surface area (Å²) in [5.74, 6) is 0.305. The highest BCUT2D eigenvalue weighted by atomic mass is 19.4. The van der Waals surface area contributed by atoms with Crippen LogP contribution in [0.25, 0.3) is 0 Å². The molecule has 0 aromatic carbocycles. The van der Waals surface area contributed by atoms with Crippen LogP contribution in [0.2, 0.25) is 0 Å². The summed E-state index contributed by atoms with van der Waals surface area (Å²) in [6.45, 7) is 4.44. The molecule has 142 valence electrons. The normalized spacial score (nSPS) is 18.3. The van der Waals surface area contributed by atoms with Crippen LogP contribution in [-0.2, 0) is 19.1 Å². The van der Waals surface area contributed by atoms with Crippen molar-refractivity contribution in [3.63, 3.8) is 0 Å². The Balaban J connectivity index is 1.86. The van der Waals surface area contributed by atoms with Crippen molar-refractivity contribution in [3.8, 4) is 0 Å². The van der Waals surface area contributed by atoms with Crippen LogP contribution in [0.15, 0.2) is 18.6 Å². The fourth-order valence-electron chi connectivity index (χ4n) is 3.57. The van der Waals surface area contributed by atoms with E-state index >= 15 is 0 Å². The molecule has 1 saturated heterocycles. The van der Waals surface area contributed by atoms with Gasteiger partial charge >= 0.3 is 6.18 Å². The van der Waals surface area contributed by atoms with E-state index in [1.54, 1.807) is 13.1 Å². The van der Waals surface area contributed by atoms with Crippen LogP contribution in [0.3, 0.4) is 0 Å². The molecule has 1 atom stereocenters. The van der Waals surface area contributed by atoms with Gasteiger partial charge in [-0.15, -0.1) is 0 Å². The van der Waals surface area contributed by atoms with Crippen molar-refractivity contribution < 1.29 is 18.0 Å². The molecule has 0 spiro atoms. The maximum Gasteiger partial charge on any atom is 0.433 e. The predicted molar refractivity (Wildman–Crippen MR) is 88.7 cm³/mol. The van der Waals surface area contributed by atoms with E-state index in [4.69, 9.17) is 0 Å². The van der Waals surface area contributed by atoms with Gasteiger partial charge in [-0.25, -0.2) is 4.98 Å². The van der Waals surface area contributed by atoms with Gasteiger partial charge in [0.05, 0.1) is 17.8 Å². The Hall–Kier alpha value is -2.32. The van der Waals surface area contributed by atoms with Crippen LogP contribution in [0.1, 0.15) is 54.6 Å². The molecule has 1 fully saturated rings. The number of imidazole rings is 1. The minimum atomic E-state index is -4.62. The van der Waals surface area contributed by atoms with Crippen molar-refractivity contribution in [2.24, 2.45) is 0 Å². The van der Waals surface area contributed by atoms with Crippen molar-refractivity contribution in [3.05, 3.63) is 35.7 Å². The standard InChI is InChI=1S/C17H22F3N5O/c1-3-14-21-7-9-24(14)12-6-5-8-23(11-12)16(26)13-10-22-25(4-2)15(13)17(18,19)20/h7,9-10,12H,3-6,8,11H2,1-2H3. The molecule has 0 saturated carbocycles. The molecular weight excluding hydrogens is 347 g/mol. The Morgan fingerprint density at radius 1 is 1.35 bits per heavy atom. The molecule has 1 aliphatic rings. The van der Waals surface area contributed by atoms with E-state index in [0.29, 0.717) is 13.1 Å². The third-order valence-electron chi connectivity index (χ3n) is 4.78. The molecule has 0 bridgehead atoms. The lowest BCUT2D eigenvalue weighted by atomic mass is 10.0. The first-order valence-corrected chi connectivity index (χ1v) is 8.80. The summed E-state index contributed by atoms with van der Waals surface area (Å²) in [6, 6.07) is 0.0284. The zero-order valence-electron chi connectivity index (χ0n) is 14.8. The first-order chi connectivity index (χ1) is 12.4. The van der Waals surface area contributed by atoms with E-state index in [2.05, 4.69) is 10.1 Å². The lowest BCUT2D eigenvalue weighted by molar-refractivity contribution is -0.144. The smallest absolute Gasteiger partial charge is 0.336 e.